The fourth-order valence-electron chi connectivity index (χ4n) is 3.04. The largest absolute Gasteiger partial charge is 0.398 e. The lowest BCUT2D eigenvalue weighted by Crippen LogP contribution is -2.06. The van der Waals surface area contributed by atoms with Gasteiger partial charge < -0.3 is 5.73 Å². The van der Waals surface area contributed by atoms with Crippen molar-refractivity contribution in [3.8, 4) is 11.4 Å². The van der Waals surface area contributed by atoms with Gasteiger partial charge in [0.15, 0.2) is 5.82 Å². The Morgan fingerprint density at radius 3 is 2.45 bits per heavy atom. The van der Waals surface area contributed by atoms with Gasteiger partial charge in [-0.15, -0.1) is 5.10 Å². The molecule has 3 rings (SSSR count). The minimum Gasteiger partial charge on any atom is -0.398 e. The zero-order valence-electron chi connectivity index (χ0n) is 12.1. The van der Waals surface area contributed by atoms with E-state index < -0.39 is 0 Å². The van der Waals surface area contributed by atoms with Crippen LogP contribution < -0.4 is 5.73 Å². The third-order valence-corrected chi connectivity index (χ3v) is 5.84. The summed E-state index contributed by atoms with van der Waals surface area (Å²) < 4.78 is 2.77. The molecule has 6 heteroatoms. The number of hydrogen-bond donors (Lipinski definition) is 1. The third kappa shape index (κ3) is 1.63. The topological polar surface area (TPSA) is 69.6 Å². The molecular formula is C14H18BrN5. The smallest absolute Gasteiger partial charge is 0.183 e. The Kier molecular flexibility index (Phi) is 2.73. The lowest BCUT2D eigenvalue weighted by atomic mass is 10.0. The van der Waals surface area contributed by atoms with Crippen LogP contribution in [-0.2, 0) is 0 Å². The minimum absolute atomic E-state index is 0.171. The molecule has 0 amide bonds. The number of aromatic nitrogens is 4. The number of halogens is 1. The van der Waals surface area contributed by atoms with Crippen molar-refractivity contribution in [2.24, 2.45) is 10.8 Å². The molecule has 1 heterocycles. The number of nitrogens with two attached hydrogens (primary N) is 1. The number of hydrogen-bond acceptors (Lipinski definition) is 4. The van der Waals surface area contributed by atoms with Crippen LogP contribution >= 0.6 is 15.9 Å². The van der Waals surface area contributed by atoms with E-state index in [4.69, 9.17) is 5.73 Å². The zero-order valence-corrected chi connectivity index (χ0v) is 13.6. The van der Waals surface area contributed by atoms with Gasteiger partial charge in [0.25, 0.3) is 0 Å². The van der Waals surface area contributed by atoms with Crippen LogP contribution in [0.1, 0.15) is 33.7 Å². The highest BCUT2D eigenvalue weighted by atomic mass is 79.9. The van der Waals surface area contributed by atoms with Crippen LogP contribution in [0, 0.1) is 10.8 Å². The van der Waals surface area contributed by atoms with Crippen LogP contribution in [-0.4, -0.2) is 20.2 Å². The molecule has 1 fully saturated rings. The maximum absolute atomic E-state index is 5.95. The van der Waals surface area contributed by atoms with Gasteiger partial charge in [-0.25, -0.2) is 4.68 Å². The fraction of sp³-hybridized carbons (Fsp3) is 0.500. The molecule has 0 atom stereocenters. The molecule has 1 aliphatic carbocycles. The number of rotatable bonds is 2. The molecule has 0 saturated heterocycles. The summed E-state index contributed by atoms with van der Waals surface area (Å²) in [5, 5.41) is 12.3. The molecule has 20 heavy (non-hydrogen) atoms. The van der Waals surface area contributed by atoms with E-state index in [9.17, 15) is 0 Å². The van der Waals surface area contributed by atoms with E-state index in [1.165, 1.54) is 0 Å². The molecule has 1 aliphatic rings. The standard InChI is InChI=1S/C14H18BrN5/c1-13(2)12(14(13,3)4)20-11(17-18-19-20)8-6-5-7-9(16)10(8)15/h5-7,12H,16H2,1-4H3. The summed E-state index contributed by atoms with van der Waals surface area (Å²) in [5.41, 5.74) is 7.90. The van der Waals surface area contributed by atoms with Crippen LogP contribution in [0.15, 0.2) is 22.7 Å². The Balaban J connectivity index is 2.11. The predicted molar refractivity (Wildman–Crippen MR) is 82.0 cm³/mol. The fourth-order valence-corrected chi connectivity index (χ4v) is 3.48. The summed E-state index contributed by atoms with van der Waals surface area (Å²) in [6, 6.07) is 6.03. The van der Waals surface area contributed by atoms with Crippen molar-refractivity contribution in [1.29, 1.82) is 0 Å². The van der Waals surface area contributed by atoms with E-state index in [1.807, 2.05) is 22.9 Å². The Labute approximate surface area is 126 Å². The number of nitrogens with zero attached hydrogens (tertiary/aromatic N) is 4. The first-order chi connectivity index (χ1) is 9.28. The highest BCUT2D eigenvalue weighted by molar-refractivity contribution is 9.10. The van der Waals surface area contributed by atoms with Gasteiger partial charge in [-0.1, -0.05) is 33.8 Å². The Morgan fingerprint density at radius 1 is 1.20 bits per heavy atom. The predicted octanol–water partition coefficient (Wildman–Crippen LogP) is 3.29. The van der Waals surface area contributed by atoms with Crippen molar-refractivity contribution in [2.75, 3.05) is 5.73 Å². The van der Waals surface area contributed by atoms with Crippen LogP contribution in [0.5, 0.6) is 0 Å². The first-order valence-electron chi connectivity index (χ1n) is 6.60. The van der Waals surface area contributed by atoms with Gasteiger partial charge in [-0.3, -0.25) is 0 Å². The van der Waals surface area contributed by atoms with Crippen molar-refractivity contribution in [3.05, 3.63) is 22.7 Å². The Bertz CT molecular complexity index is 660. The normalized spacial score (nSPS) is 20.1. The Hall–Kier alpha value is -1.43. The van der Waals surface area contributed by atoms with Crippen molar-refractivity contribution in [2.45, 2.75) is 33.7 Å². The lowest BCUT2D eigenvalue weighted by molar-refractivity contribution is 0.457. The second kappa shape index (κ2) is 4.04. The van der Waals surface area contributed by atoms with Crippen molar-refractivity contribution < 1.29 is 0 Å². The highest BCUT2D eigenvalue weighted by Crippen LogP contribution is 2.71. The molecule has 5 nitrogen and oxygen atoms in total. The first kappa shape index (κ1) is 13.5. The van der Waals surface area contributed by atoms with Gasteiger partial charge in [-0.2, -0.15) is 0 Å². The zero-order chi connectivity index (χ0) is 14.7. The van der Waals surface area contributed by atoms with Crippen molar-refractivity contribution in [3.63, 3.8) is 0 Å². The summed E-state index contributed by atoms with van der Waals surface area (Å²) in [6.07, 6.45) is 0. The maximum atomic E-state index is 5.95. The van der Waals surface area contributed by atoms with E-state index in [1.54, 1.807) is 0 Å². The quantitative estimate of drug-likeness (QED) is 0.855. The van der Waals surface area contributed by atoms with Crippen molar-refractivity contribution in [1.82, 2.24) is 20.2 Å². The summed E-state index contributed by atoms with van der Waals surface area (Å²) in [7, 11) is 0. The monoisotopic (exact) mass is 335 g/mol. The van der Waals surface area contributed by atoms with Crippen LogP contribution in [0.4, 0.5) is 5.69 Å². The van der Waals surface area contributed by atoms with Crippen LogP contribution in [0.2, 0.25) is 0 Å². The average molecular weight is 336 g/mol. The van der Waals surface area contributed by atoms with Crippen LogP contribution in [0.3, 0.4) is 0 Å². The molecule has 2 N–H and O–H groups in total. The molecule has 0 unspecified atom stereocenters. The molecule has 1 saturated carbocycles. The molecule has 0 radical (unpaired) electrons. The first-order valence-corrected chi connectivity index (χ1v) is 7.40. The van der Waals surface area contributed by atoms with Gasteiger partial charge in [0.05, 0.1) is 10.5 Å². The molecule has 0 spiro atoms. The van der Waals surface area contributed by atoms with Crippen LogP contribution in [0.25, 0.3) is 11.4 Å². The molecule has 1 aromatic heterocycles. The highest BCUT2D eigenvalue weighted by Gasteiger charge is 2.67. The van der Waals surface area contributed by atoms with Gasteiger partial charge in [0.1, 0.15) is 0 Å². The molecule has 1 aromatic carbocycles. The van der Waals surface area contributed by atoms with Gasteiger partial charge in [0.2, 0.25) is 0 Å². The molecule has 0 bridgehead atoms. The summed E-state index contributed by atoms with van der Waals surface area (Å²) in [6.45, 7) is 8.99. The average Bonchev–Trinajstić information content (AvgIpc) is 2.70. The van der Waals surface area contributed by atoms with E-state index in [0.29, 0.717) is 5.69 Å². The molecular weight excluding hydrogens is 318 g/mol. The lowest BCUT2D eigenvalue weighted by Gasteiger charge is -2.09. The van der Waals surface area contributed by atoms with E-state index in [0.717, 1.165) is 15.9 Å². The van der Waals surface area contributed by atoms with E-state index in [2.05, 4.69) is 59.2 Å². The number of anilines is 1. The molecule has 106 valence electrons. The summed E-state index contributed by atoms with van der Waals surface area (Å²) >= 11 is 3.53. The third-order valence-electron chi connectivity index (χ3n) is 4.95. The van der Waals surface area contributed by atoms with Gasteiger partial charge >= 0.3 is 0 Å². The second-order valence-electron chi connectivity index (χ2n) is 6.50. The Morgan fingerprint density at radius 2 is 1.85 bits per heavy atom. The summed E-state index contributed by atoms with van der Waals surface area (Å²) in [4.78, 5) is 0. The van der Waals surface area contributed by atoms with Crippen molar-refractivity contribution >= 4 is 21.6 Å². The van der Waals surface area contributed by atoms with E-state index in [-0.39, 0.29) is 16.9 Å². The SMILES string of the molecule is CC1(C)C(n2nnnc2-c2cccc(N)c2Br)C1(C)C. The maximum Gasteiger partial charge on any atom is 0.183 e. The van der Waals surface area contributed by atoms with Gasteiger partial charge in [0, 0.05) is 11.3 Å². The number of nitrogen functional groups attached to an aromatic ring is 1. The minimum atomic E-state index is 0.171. The van der Waals surface area contributed by atoms with Gasteiger partial charge in [-0.05, 0) is 49.3 Å². The molecule has 0 aliphatic heterocycles. The summed E-state index contributed by atoms with van der Waals surface area (Å²) in [5.74, 6) is 0.757. The molecule has 2 aromatic rings. The second-order valence-corrected chi connectivity index (χ2v) is 7.29. The number of benzene rings is 1. The van der Waals surface area contributed by atoms with E-state index >= 15 is 0 Å². The number of tetrazole rings is 1.